The number of aromatic nitrogens is 4. The molecule has 8 nitrogen and oxygen atoms in total. The van der Waals surface area contributed by atoms with Crippen molar-refractivity contribution in [1.29, 1.82) is 0 Å². The lowest BCUT2D eigenvalue weighted by Crippen LogP contribution is -2.14. The normalized spacial score (nSPS) is 9.70. The van der Waals surface area contributed by atoms with Crippen LogP contribution in [0.5, 0.6) is 0 Å². The van der Waals surface area contributed by atoms with Gasteiger partial charge in [0.1, 0.15) is 0 Å². The first-order valence-corrected chi connectivity index (χ1v) is 8.65. The number of aromatic carboxylic acids is 1. The molecule has 0 aliphatic rings. The number of hydrogen-bond donors (Lipinski definition) is 2. The summed E-state index contributed by atoms with van der Waals surface area (Å²) in [7, 11) is 0. The van der Waals surface area contributed by atoms with E-state index in [0.29, 0.717) is 15.9 Å². The van der Waals surface area contributed by atoms with E-state index in [1.165, 1.54) is 48.3 Å². The molecule has 0 saturated carbocycles. The lowest BCUT2D eigenvalue weighted by Gasteiger charge is -1.96. The molecule has 2 rings (SSSR count). The quantitative estimate of drug-likeness (QED) is 0.459. The van der Waals surface area contributed by atoms with E-state index in [-0.39, 0.29) is 17.9 Å². The SMILES string of the molecule is CSc1ncc(C(=O)CN)cn1.CSc1ncc(C(=O)O)cn1. The molecule has 0 atom stereocenters. The molecule has 10 heteroatoms. The zero-order chi connectivity index (χ0) is 17.2. The second kappa shape index (κ2) is 9.87. The predicted octanol–water partition coefficient (Wildman–Crippen LogP) is 1.24. The van der Waals surface area contributed by atoms with Gasteiger partial charge in [-0.15, -0.1) is 0 Å². The summed E-state index contributed by atoms with van der Waals surface area (Å²) in [5.41, 5.74) is 5.75. The predicted molar refractivity (Wildman–Crippen MR) is 88.0 cm³/mol. The third-order valence-electron chi connectivity index (χ3n) is 2.38. The molecule has 2 heterocycles. The van der Waals surface area contributed by atoms with E-state index in [4.69, 9.17) is 10.8 Å². The Morgan fingerprint density at radius 1 is 0.957 bits per heavy atom. The van der Waals surface area contributed by atoms with E-state index < -0.39 is 5.97 Å². The van der Waals surface area contributed by atoms with Gasteiger partial charge in [0, 0.05) is 24.8 Å². The molecule has 2 aromatic rings. The van der Waals surface area contributed by atoms with Crippen molar-refractivity contribution in [3.63, 3.8) is 0 Å². The minimum atomic E-state index is -1.00. The molecule has 0 aliphatic carbocycles. The molecule has 0 unspecified atom stereocenters. The molecule has 122 valence electrons. The second-order valence-electron chi connectivity index (χ2n) is 3.85. The maximum absolute atomic E-state index is 11.0. The van der Waals surface area contributed by atoms with Crippen LogP contribution in [0.1, 0.15) is 20.7 Å². The number of thioether (sulfide) groups is 2. The number of carboxylic acids is 1. The topological polar surface area (TPSA) is 132 Å². The van der Waals surface area contributed by atoms with Crippen molar-refractivity contribution in [1.82, 2.24) is 19.9 Å². The maximum Gasteiger partial charge on any atom is 0.338 e. The van der Waals surface area contributed by atoms with Crippen LogP contribution < -0.4 is 5.73 Å². The number of hydrogen-bond acceptors (Lipinski definition) is 9. The van der Waals surface area contributed by atoms with Crippen molar-refractivity contribution in [3.05, 3.63) is 35.9 Å². The molecule has 0 saturated heterocycles. The highest BCUT2D eigenvalue weighted by Gasteiger charge is 2.04. The van der Waals surface area contributed by atoms with Crippen molar-refractivity contribution in [3.8, 4) is 0 Å². The standard InChI is InChI=1S/C7H9N3OS.C6H6N2O2S/c1-12-7-9-3-5(4-10-7)6(11)2-8;1-11-6-7-2-4(3-8-6)5(9)10/h3-4H,2,8H2,1H3;2-3H,1H3,(H,9,10). The van der Waals surface area contributed by atoms with Crippen molar-refractivity contribution in [2.45, 2.75) is 10.3 Å². The summed E-state index contributed by atoms with van der Waals surface area (Å²) in [5, 5.41) is 9.70. The first-order chi connectivity index (χ1) is 11.0. The minimum Gasteiger partial charge on any atom is -0.478 e. The maximum atomic E-state index is 11.0. The molecule has 2 aromatic heterocycles. The zero-order valence-corrected chi connectivity index (χ0v) is 14.1. The summed E-state index contributed by atoms with van der Waals surface area (Å²) in [6, 6.07) is 0. The molecule has 0 bridgehead atoms. The van der Waals surface area contributed by atoms with Crippen LogP contribution in [0.4, 0.5) is 0 Å². The first-order valence-electron chi connectivity index (χ1n) is 6.20. The van der Waals surface area contributed by atoms with Gasteiger partial charge in [-0.3, -0.25) is 4.79 Å². The van der Waals surface area contributed by atoms with Gasteiger partial charge in [0.25, 0.3) is 0 Å². The molecule has 0 radical (unpaired) electrons. The molecule has 23 heavy (non-hydrogen) atoms. The summed E-state index contributed by atoms with van der Waals surface area (Å²) in [4.78, 5) is 36.8. The lowest BCUT2D eigenvalue weighted by atomic mass is 10.2. The Bertz CT molecular complexity index is 650. The Morgan fingerprint density at radius 2 is 1.35 bits per heavy atom. The Balaban J connectivity index is 0.000000231. The van der Waals surface area contributed by atoms with Crippen LogP contribution >= 0.6 is 23.5 Å². The van der Waals surface area contributed by atoms with Gasteiger partial charge in [-0.25, -0.2) is 24.7 Å². The van der Waals surface area contributed by atoms with Crippen LogP contribution in [0.2, 0.25) is 0 Å². The monoisotopic (exact) mass is 353 g/mol. The van der Waals surface area contributed by atoms with E-state index in [0.717, 1.165) is 0 Å². The highest BCUT2D eigenvalue weighted by Crippen LogP contribution is 2.07. The van der Waals surface area contributed by atoms with Crippen molar-refractivity contribution < 1.29 is 14.7 Å². The van der Waals surface area contributed by atoms with Gasteiger partial charge in [0.2, 0.25) is 0 Å². The molecule has 3 N–H and O–H groups in total. The number of carbonyl (C=O) groups excluding carboxylic acids is 1. The summed E-state index contributed by atoms with van der Waals surface area (Å²) in [6.07, 6.45) is 9.28. The van der Waals surface area contributed by atoms with Crippen LogP contribution in [0, 0.1) is 0 Å². The van der Waals surface area contributed by atoms with Gasteiger partial charge in [0.05, 0.1) is 17.7 Å². The summed E-state index contributed by atoms with van der Waals surface area (Å²) in [6.45, 7) is 0.00196. The van der Waals surface area contributed by atoms with Crippen LogP contribution in [-0.2, 0) is 0 Å². The first kappa shape index (κ1) is 19.0. The third-order valence-corrected chi connectivity index (χ3v) is 3.53. The third kappa shape index (κ3) is 6.30. The summed E-state index contributed by atoms with van der Waals surface area (Å²) >= 11 is 2.81. The van der Waals surface area contributed by atoms with Gasteiger partial charge in [-0.1, -0.05) is 23.5 Å². The van der Waals surface area contributed by atoms with Gasteiger partial charge in [-0.05, 0) is 12.5 Å². The number of carboxylic acid groups (broad SMARTS) is 1. The summed E-state index contributed by atoms with van der Waals surface area (Å²) < 4.78 is 0. The number of nitrogens with zero attached hydrogens (tertiary/aromatic N) is 4. The Morgan fingerprint density at radius 3 is 1.65 bits per heavy atom. The second-order valence-corrected chi connectivity index (χ2v) is 5.40. The van der Waals surface area contributed by atoms with Gasteiger partial charge in [-0.2, -0.15) is 0 Å². The Kier molecular flexibility index (Phi) is 8.16. The Hall–Kier alpha value is -2.04. The molecule has 0 aliphatic heterocycles. The van der Waals surface area contributed by atoms with E-state index >= 15 is 0 Å². The molecule has 0 fully saturated rings. The Labute approximate surface area is 141 Å². The van der Waals surface area contributed by atoms with Crippen LogP contribution in [0.25, 0.3) is 0 Å². The number of ketones is 1. The van der Waals surface area contributed by atoms with Crippen LogP contribution in [-0.4, -0.2) is 55.9 Å². The zero-order valence-electron chi connectivity index (χ0n) is 12.5. The minimum absolute atomic E-state index is 0.00196. The molecule has 0 aromatic carbocycles. The van der Waals surface area contributed by atoms with E-state index in [9.17, 15) is 9.59 Å². The smallest absolute Gasteiger partial charge is 0.338 e. The van der Waals surface area contributed by atoms with E-state index in [1.54, 1.807) is 0 Å². The molecular weight excluding hydrogens is 338 g/mol. The summed E-state index contributed by atoms with van der Waals surface area (Å²) in [5.74, 6) is -1.14. The number of Topliss-reactive ketones (excluding diaryl/α,β-unsaturated/α-hetero) is 1. The molecular formula is C13H15N5O3S2. The largest absolute Gasteiger partial charge is 0.478 e. The van der Waals surface area contributed by atoms with Crippen molar-refractivity contribution >= 4 is 35.3 Å². The van der Waals surface area contributed by atoms with Crippen molar-refractivity contribution in [2.75, 3.05) is 19.1 Å². The molecule has 0 spiro atoms. The highest BCUT2D eigenvalue weighted by atomic mass is 32.2. The van der Waals surface area contributed by atoms with Crippen LogP contribution in [0.15, 0.2) is 35.1 Å². The average molecular weight is 353 g/mol. The van der Waals surface area contributed by atoms with E-state index in [2.05, 4.69) is 19.9 Å². The van der Waals surface area contributed by atoms with Gasteiger partial charge in [0.15, 0.2) is 16.1 Å². The van der Waals surface area contributed by atoms with E-state index in [1.807, 2.05) is 12.5 Å². The number of nitrogens with two attached hydrogens (primary N) is 1. The number of carbonyl (C=O) groups is 2. The van der Waals surface area contributed by atoms with Crippen LogP contribution in [0.3, 0.4) is 0 Å². The number of rotatable bonds is 5. The fourth-order valence-corrected chi connectivity index (χ4v) is 1.85. The lowest BCUT2D eigenvalue weighted by molar-refractivity contribution is 0.0695. The molecule has 0 amide bonds. The average Bonchev–Trinajstić information content (AvgIpc) is 2.61. The van der Waals surface area contributed by atoms with Gasteiger partial charge < -0.3 is 10.8 Å². The fraction of sp³-hybridized carbons (Fsp3) is 0.231. The van der Waals surface area contributed by atoms with Crippen molar-refractivity contribution in [2.24, 2.45) is 5.73 Å². The van der Waals surface area contributed by atoms with Gasteiger partial charge >= 0.3 is 5.97 Å². The highest BCUT2D eigenvalue weighted by molar-refractivity contribution is 7.98. The fourth-order valence-electron chi connectivity index (χ4n) is 1.22.